The van der Waals surface area contributed by atoms with Crippen molar-refractivity contribution in [2.75, 3.05) is 6.54 Å². The summed E-state index contributed by atoms with van der Waals surface area (Å²) in [6.45, 7) is 9.55. The Morgan fingerprint density at radius 3 is 2.30 bits per heavy atom. The lowest BCUT2D eigenvalue weighted by Gasteiger charge is -2.21. The number of aryl methyl sites for hydroxylation is 3. The average molecular weight is 373 g/mol. The molecule has 0 bridgehead atoms. The van der Waals surface area contributed by atoms with Gasteiger partial charge in [-0.15, -0.1) is 0 Å². The van der Waals surface area contributed by atoms with Crippen molar-refractivity contribution in [1.29, 1.82) is 0 Å². The summed E-state index contributed by atoms with van der Waals surface area (Å²) >= 11 is 0. The summed E-state index contributed by atoms with van der Waals surface area (Å²) in [6.07, 6.45) is 6.04. The number of carbonyl (C=O) groups excluding carboxylic acids is 3. The second kappa shape index (κ2) is 8.68. The van der Waals surface area contributed by atoms with E-state index in [-0.39, 0.29) is 18.2 Å². The molecule has 1 unspecified atom stereocenters. The maximum Gasteiger partial charge on any atom is 0.325 e. The molecule has 1 aromatic rings. The number of hydrogen-bond donors (Lipinski definition) is 1. The number of benzene rings is 1. The normalized spacial score (nSPS) is 19.5. The van der Waals surface area contributed by atoms with Crippen LogP contribution in [-0.4, -0.2) is 34.7 Å². The molecule has 3 amide bonds. The SMILES string of the molecule is CCCCCCCC1(C)NC(=O)N(CC(=O)c2cc(C)c(C)cc2C)C1=O. The number of imide groups is 1. The standard InChI is InChI=1S/C22H32N2O3/c1-6-7-8-9-10-11-22(5)20(26)24(21(27)23-22)14-19(25)18-13-16(3)15(2)12-17(18)4/h12-13H,6-11,14H2,1-5H3,(H,23,27). The first-order valence-electron chi connectivity index (χ1n) is 9.94. The van der Waals surface area contributed by atoms with Crippen LogP contribution in [0.2, 0.25) is 0 Å². The minimum atomic E-state index is -0.901. The molecule has 1 saturated heterocycles. The number of ketones is 1. The van der Waals surface area contributed by atoms with Crippen LogP contribution in [0.15, 0.2) is 12.1 Å². The average Bonchev–Trinajstić information content (AvgIpc) is 2.81. The van der Waals surface area contributed by atoms with E-state index in [1.165, 1.54) is 12.8 Å². The van der Waals surface area contributed by atoms with Crippen LogP contribution in [0, 0.1) is 20.8 Å². The summed E-state index contributed by atoms with van der Waals surface area (Å²) in [5.41, 5.74) is 2.69. The van der Waals surface area contributed by atoms with Gasteiger partial charge in [-0.3, -0.25) is 14.5 Å². The third kappa shape index (κ3) is 4.76. The molecule has 1 heterocycles. The molecule has 1 aromatic carbocycles. The Bertz CT molecular complexity index is 741. The van der Waals surface area contributed by atoms with Crippen LogP contribution in [0.4, 0.5) is 4.79 Å². The molecule has 0 aliphatic carbocycles. The highest BCUT2D eigenvalue weighted by Gasteiger charge is 2.47. The lowest BCUT2D eigenvalue weighted by atomic mass is 9.93. The van der Waals surface area contributed by atoms with Crippen molar-refractivity contribution in [3.8, 4) is 0 Å². The summed E-state index contributed by atoms with van der Waals surface area (Å²) in [5.74, 6) is -0.496. The molecule has 1 aliphatic rings. The lowest BCUT2D eigenvalue weighted by molar-refractivity contribution is -0.130. The zero-order valence-corrected chi connectivity index (χ0v) is 17.3. The Kier molecular flexibility index (Phi) is 6.79. The predicted octanol–water partition coefficient (Wildman–Crippen LogP) is 4.47. The minimum absolute atomic E-state index is 0.203. The van der Waals surface area contributed by atoms with Gasteiger partial charge in [0.15, 0.2) is 5.78 Å². The van der Waals surface area contributed by atoms with Gasteiger partial charge >= 0.3 is 6.03 Å². The number of hydrogen-bond acceptors (Lipinski definition) is 3. The third-order valence-electron chi connectivity index (χ3n) is 5.57. The number of urea groups is 1. The molecule has 148 valence electrons. The third-order valence-corrected chi connectivity index (χ3v) is 5.57. The van der Waals surface area contributed by atoms with Gasteiger partial charge in [-0.05, 0) is 56.9 Å². The van der Waals surface area contributed by atoms with Gasteiger partial charge in [0.1, 0.15) is 5.54 Å². The van der Waals surface area contributed by atoms with Crippen molar-refractivity contribution in [2.45, 2.75) is 78.7 Å². The summed E-state index contributed by atoms with van der Waals surface area (Å²) in [4.78, 5) is 39.0. The molecule has 1 N–H and O–H groups in total. The van der Waals surface area contributed by atoms with Gasteiger partial charge in [0.05, 0.1) is 6.54 Å². The molecule has 0 saturated carbocycles. The van der Waals surface area contributed by atoms with Crippen LogP contribution in [-0.2, 0) is 4.79 Å². The van der Waals surface area contributed by atoms with E-state index in [4.69, 9.17) is 0 Å². The summed E-state index contributed by atoms with van der Waals surface area (Å²) in [5, 5.41) is 2.80. The second-order valence-electron chi connectivity index (χ2n) is 7.99. The van der Waals surface area contributed by atoms with E-state index in [2.05, 4.69) is 12.2 Å². The zero-order valence-electron chi connectivity index (χ0n) is 17.3. The number of amides is 3. The van der Waals surface area contributed by atoms with Gasteiger partial charge in [0, 0.05) is 5.56 Å². The van der Waals surface area contributed by atoms with E-state index in [0.717, 1.165) is 40.9 Å². The maximum absolute atomic E-state index is 12.8. The second-order valence-corrected chi connectivity index (χ2v) is 7.99. The first-order chi connectivity index (χ1) is 12.7. The van der Waals surface area contributed by atoms with Crippen LogP contribution in [0.3, 0.4) is 0 Å². The van der Waals surface area contributed by atoms with E-state index >= 15 is 0 Å². The number of nitrogens with one attached hydrogen (secondary N) is 1. The van der Waals surface area contributed by atoms with Gasteiger partial charge in [0.25, 0.3) is 5.91 Å². The molecule has 27 heavy (non-hydrogen) atoms. The van der Waals surface area contributed by atoms with E-state index in [1.807, 2.05) is 32.9 Å². The van der Waals surface area contributed by atoms with Crippen molar-refractivity contribution in [3.63, 3.8) is 0 Å². The van der Waals surface area contributed by atoms with Crippen LogP contribution < -0.4 is 5.32 Å². The van der Waals surface area contributed by atoms with E-state index < -0.39 is 11.6 Å². The van der Waals surface area contributed by atoms with E-state index in [0.29, 0.717) is 12.0 Å². The topological polar surface area (TPSA) is 66.5 Å². The largest absolute Gasteiger partial charge is 0.325 e. The van der Waals surface area contributed by atoms with Crippen molar-refractivity contribution < 1.29 is 14.4 Å². The molecule has 2 rings (SSSR count). The van der Waals surface area contributed by atoms with Crippen LogP contribution in [0.25, 0.3) is 0 Å². The molecular weight excluding hydrogens is 340 g/mol. The van der Waals surface area contributed by atoms with Crippen molar-refractivity contribution >= 4 is 17.7 Å². The molecule has 1 aliphatic heterocycles. The van der Waals surface area contributed by atoms with E-state index in [9.17, 15) is 14.4 Å². The molecule has 5 nitrogen and oxygen atoms in total. The van der Waals surface area contributed by atoms with Crippen LogP contribution in [0.5, 0.6) is 0 Å². The van der Waals surface area contributed by atoms with E-state index in [1.54, 1.807) is 6.92 Å². The fraction of sp³-hybridized carbons (Fsp3) is 0.591. The molecule has 5 heteroatoms. The minimum Gasteiger partial charge on any atom is -0.323 e. The Balaban J connectivity index is 2.04. The smallest absolute Gasteiger partial charge is 0.323 e. The van der Waals surface area contributed by atoms with Crippen LogP contribution in [0.1, 0.15) is 79.4 Å². The summed E-state index contributed by atoms with van der Waals surface area (Å²) in [6, 6.07) is 3.35. The monoisotopic (exact) mass is 372 g/mol. The predicted molar refractivity (Wildman–Crippen MR) is 107 cm³/mol. The maximum atomic E-state index is 12.8. The van der Waals surface area contributed by atoms with Gasteiger partial charge in [-0.1, -0.05) is 45.1 Å². The van der Waals surface area contributed by atoms with Crippen LogP contribution >= 0.6 is 0 Å². The first-order valence-corrected chi connectivity index (χ1v) is 9.94. The number of nitrogens with zero attached hydrogens (tertiary/aromatic N) is 1. The zero-order chi connectivity index (χ0) is 20.2. The molecule has 0 radical (unpaired) electrons. The van der Waals surface area contributed by atoms with Gasteiger partial charge in [0.2, 0.25) is 0 Å². The Morgan fingerprint density at radius 1 is 1.00 bits per heavy atom. The lowest BCUT2D eigenvalue weighted by Crippen LogP contribution is -2.44. The number of unbranched alkanes of at least 4 members (excludes halogenated alkanes) is 4. The highest BCUT2D eigenvalue weighted by atomic mass is 16.2. The number of carbonyl (C=O) groups is 3. The van der Waals surface area contributed by atoms with Crippen molar-refractivity contribution in [3.05, 3.63) is 34.4 Å². The molecule has 0 spiro atoms. The van der Waals surface area contributed by atoms with Gasteiger partial charge in [-0.25, -0.2) is 4.79 Å². The quantitative estimate of drug-likeness (QED) is 0.395. The number of rotatable bonds is 9. The van der Waals surface area contributed by atoms with Gasteiger partial charge < -0.3 is 5.32 Å². The molecule has 1 fully saturated rings. The first kappa shape index (κ1) is 21.1. The Hall–Kier alpha value is -2.17. The Labute approximate surface area is 162 Å². The molecular formula is C22H32N2O3. The fourth-order valence-corrected chi connectivity index (χ4v) is 3.63. The van der Waals surface area contributed by atoms with Crippen molar-refractivity contribution in [2.24, 2.45) is 0 Å². The number of Topliss-reactive ketones (excluding diaryl/α,β-unsaturated/α-hetero) is 1. The molecule has 0 aromatic heterocycles. The highest BCUT2D eigenvalue weighted by molar-refractivity contribution is 6.11. The van der Waals surface area contributed by atoms with Gasteiger partial charge in [-0.2, -0.15) is 0 Å². The Morgan fingerprint density at radius 2 is 1.63 bits per heavy atom. The summed E-state index contributed by atoms with van der Waals surface area (Å²) < 4.78 is 0. The van der Waals surface area contributed by atoms with Crippen molar-refractivity contribution in [1.82, 2.24) is 10.2 Å². The highest BCUT2D eigenvalue weighted by Crippen LogP contribution is 2.25. The summed E-state index contributed by atoms with van der Waals surface area (Å²) in [7, 11) is 0. The molecule has 1 atom stereocenters. The fourth-order valence-electron chi connectivity index (χ4n) is 3.63.